The van der Waals surface area contributed by atoms with Crippen LogP contribution in [0, 0.1) is 0 Å². The summed E-state index contributed by atoms with van der Waals surface area (Å²) in [7, 11) is 0. The number of para-hydroxylation sites is 1. The lowest BCUT2D eigenvalue weighted by Gasteiger charge is -2.28. The van der Waals surface area contributed by atoms with Gasteiger partial charge in [-0.2, -0.15) is 0 Å². The van der Waals surface area contributed by atoms with E-state index < -0.39 is 0 Å². The second-order valence-corrected chi connectivity index (χ2v) is 4.46. The lowest BCUT2D eigenvalue weighted by molar-refractivity contribution is -0.119. The quantitative estimate of drug-likeness (QED) is 0.727. The number of benzene rings is 1. The summed E-state index contributed by atoms with van der Waals surface area (Å²) in [6.07, 6.45) is 3.66. The van der Waals surface area contributed by atoms with Gasteiger partial charge in [-0.05, 0) is 31.9 Å². The third kappa shape index (κ3) is 3.88. The van der Waals surface area contributed by atoms with E-state index in [1.807, 2.05) is 35.2 Å². The molecule has 0 radical (unpaired) electrons. The number of hydrogen-bond donors (Lipinski definition) is 0. The first-order valence-corrected chi connectivity index (χ1v) is 6.57. The van der Waals surface area contributed by atoms with Crippen LogP contribution in [-0.4, -0.2) is 11.9 Å². The van der Waals surface area contributed by atoms with Gasteiger partial charge >= 0.3 is 0 Å². The maximum atomic E-state index is 12.2. The Morgan fingerprint density at radius 2 is 1.88 bits per heavy atom. The zero-order chi connectivity index (χ0) is 12.7. The number of carbonyl (C=O) groups excluding carboxylic acids is 1. The Morgan fingerprint density at radius 1 is 1.24 bits per heavy atom. The molecule has 94 valence electrons. The van der Waals surface area contributed by atoms with Crippen molar-refractivity contribution >= 4 is 11.6 Å². The van der Waals surface area contributed by atoms with E-state index in [1.54, 1.807) is 0 Å². The number of rotatable bonds is 6. The largest absolute Gasteiger partial charge is 0.310 e. The molecule has 1 unspecified atom stereocenters. The molecule has 1 amide bonds. The van der Waals surface area contributed by atoms with Gasteiger partial charge in [0.05, 0.1) is 0 Å². The van der Waals surface area contributed by atoms with Crippen LogP contribution in [-0.2, 0) is 4.79 Å². The van der Waals surface area contributed by atoms with Gasteiger partial charge in [-0.1, -0.05) is 38.5 Å². The third-order valence-corrected chi connectivity index (χ3v) is 3.08. The van der Waals surface area contributed by atoms with Crippen molar-refractivity contribution in [1.29, 1.82) is 0 Å². The van der Waals surface area contributed by atoms with Crippen LogP contribution in [0.3, 0.4) is 0 Å². The summed E-state index contributed by atoms with van der Waals surface area (Å²) < 4.78 is 0. The summed E-state index contributed by atoms with van der Waals surface area (Å²) in [6, 6.07) is 10.2. The first-order valence-electron chi connectivity index (χ1n) is 6.57. The molecule has 0 bridgehead atoms. The van der Waals surface area contributed by atoms with E-state index in [4.69, 9.17) is 0 Å². The monoisotopic (exact) mass is 233 g/mol. The minimum absolute atomic E-state index is 0.243. The third-order valence-electron chi connectivity index (χ3n) is 3.08. The number of carbonyl (C=O) groups is 1. The fourth-order valence-corrected chi connectivity index (χ4v) is 1.86. The average molecular weight is 233 g/mol. The van der Waals surface area contributed by atoms with Crippen LogP contribution >= 0.6 is 0 Å². The van der Waals surface area contributed by atoms with Crippen LogP contribution < -0.4 is 4.90 Å². The molecule has 0 aliphatic rings. The minimum Gasteiger partial charge on any atom is -0.310 e. The first-order chi connectivity index (χ1) is 8.20. The van der Waals surface area contributed by atoms with Crippen molar-refractivity contribution in [2.45, 2.75) is 52.5 Å². The number of nitrogens with zero attached hydrogens (tertiary/aromatic N) is 1. The molecule has 0 heterocycles. The van der Waals surface area contributed by atoms with Gasteiger partial charge in [0.25, 0.3) is 0 Å². The molecule has 1 atom stereocenters. The van der Waals surface area contributed by atoms with Crippen molar-refractivity contribution in [2.24, 2.45) is 0 Å². The lowest BCUT2D eigenvalue weighted by atomic mass is 10.1. The van der Waals surface area contributed by atoms with Gasteiger partial charge in [0.2, 0.25) is 5.91 Å². The van der Waals surface area contributed by atoms with Crippen molar-refractivity contribution in [3.63, 3.8) is 0 Å². The highest BCUT2D eigenvalue weighted by molar-refractivity contribution is 5.93. The molecule has 0 aliphatic carbocycles. The lowest BCUT2D eigenvalue weighted by Crippen LogP contribution is -2.38. The molecule has 1 rings (SSSR count). The standard InChI is InChI=1S/C15H23NO/c1-4-6-12-15(17)16(13(3)5-2)14-10-8-7-9-11-14/h7-11,13H,4-6,12H2,1-3H3. The zero-order valence-electron chi connectivity index (χ0n) is 11.1. The Hall–Kier alpha value is -1.31. The summed E-state index contributed by atoms with van der Waals surface area (Å²) in [4.78, 5) is 14.2. The number of amides is 1. The van der Waals surface area contributed by atoms with E-state index in [0.717, 1.165) is 24.9 Å². The highest BCUT2D eigenvalue weighted by Gasteiger charge is 2.19. The van der Waals surface area contributed by atoms with E-state index in [-0.39, 0.29) is 11.9 Å². The predicted octanol–water partition coefficient (Wildman–Crippen LogP) is 4.01. The molecule has 1 aromatic carbocycles. The Balaban J connectivity index is 2.85. The van der Waals surface area contributed by atoms with Crippen LogP contribution in [0.25, 0.3) is 0 Å². The molecule has 0 saturated carbocycles. The molecule has 17 heavy (non-hydrogen) atoms. The van der Waals surface area contributed by atoms with Crippen molar-refractivity contribution < 1.29 is 4.79 Å². The van der Waals surface area contributed by atoms with Gasteiger partial charge in [0.15, 0.2) is 0 Å². The number of hydrogen-bond acceptors (Lipinski definition) is 1. The topological polar surface area (TPSA) is 20.3 Å². The van der Waals surface area contributed by atoms with Gasteiger partial charge in [0, 0.05) is 18.2 Å². The Bertz CT molecular complexity index is 334. The Morgan fingerprint density at radius 3 is 2.41 bits per heavy atom. The molecule has 0 fully saturated rings. The van der Waals surface area contributed by atoms with E-state index in [2.05, 4.69) is 20.8 Å². The zero-order valence-corrected chi connectivity index (χ0v) is 11.1. The number of unbranched alkanes of at least 4 members (excludes halogenated alkanes) is 1. The minimum atomic E-state index is 0.243. The molecule has 0 aromatic heterocycles. The fourth-order valence-electron chi connectivity index (χ4n) is 1.86. The molecule has 0 N–H and O–H groups in total. The SMILES string of the molecule is CCCCC(=O)N(c1ccccc1)C(C)CC. The van der Waals surface area contributed by atoms with Crippen molar-refractivity contribution in [1.82, 2.24) is 0 Å². The second-order valence-electron chi connectivity index (χ2n) is 4.46. The van der Waals surface area contributed by atoms with Crippen LogP contribution in [0.15, 0.2) is 30.3 Å². The summed E-state index contributed by atoms with van der Waals surface area (Å²) in [5.41, 5.74) is 1.02. The molecule has 0 spiro atoms. The normalized spacial score (nSPS) is 12.2. The highest BCUT2D eigenvalue weighted by Crippen LogP contribution is 2.19. The van der Waals surface area contributed by atoms with Crippen LogP contribution in [0.1, 0.15) is 46.5 Å². The summed E-state index contributed by atoms with van der Waals surface area (Å²) in [6.45, 7) is 6.34. The van der Waals surface area contributed by atoms with Gasteiger partial charge in [-0.3, -0.25) is 4.79 Å². The van der Waals surface area contributed by atoms with Crippen LogP contribution in [0.2, 0.25) is 0 Å². The molecule has 0 saturated heterocycles. The first kappa shape index (κ1) is 13.8. The maximum absolute atomic E-state index is 12.2. The Labute approximate surface area is 105 Å². The second kappa shape index (κ2) is 7.10. The van der Waals surface area contributed by atoms with Gasteiger partial charge in [0.1, 0.15) is 0 Å². The fraction of sp³-hybridized carbons (Fsp3) is 0.533. The molecule has 0 aliphatic heterocycles. The molecular weight excluding hydrogens is 210 g/mol. The smallest absolute Gasteiger partial charge is 0.227 e. The van der Waals surface area contributed by atoms with Gasteiger partial charge < -0.3 is 4.90 Å². The van der Waals surface area contributed by atoms with Crippen LogP contribution in [0.4, 0.5) is 5.69 Å². The summed E-state index contributed by atoms with van der Waals surface area (Å²) >= 11 is 0. The van der Waals surface area contributed by atoms with Crippen LogP contribution in [0.5, 0.6) is 0 Å². The number of anilines is 1. The van der Waals surface area contributed by atoms with Crippen molar-refractivity contribution in [3.8, 4) is 0 Å². The Kier molecular flexibility index (Phi) is 5.75. The van der Waals surface area contributed by atoms with E-state index in [0.29, 0.717) is 6.42 Å². The molecule has 2 heteroatoms. The average Bonchev–Trinajstić information content (AvgIpc) is 2.37. The van der Waals surface area contributed by atoms with Crippen molar-refractivity contribution in [2.75, 3.05) is 4.90 Å². The van der Waals surface area contributed by atoms with E-state index in [9.17, 15) is 4.79 Å². The summed E-state index contributed by atoms with van der Waals surface area (Å²) in [5, 5.41) is 0. The van der Waals surface area contributed by atoms with Gasteiger partial charge in [-0.15, -0.1) is 0 Å². The maximum Gasteiger partial charge on any atom is 0.227 e. The highest BCUT2D eigenvalue weighted by atomic mass is 16.2. The van der Waals surface area contributed by atoms with Crippen molar-refractivity contribution in [3.05, 3.63) is 30.3 Å². The van der Waals surface area contributed by atoms with E-state index >= 15 is 0 Å². The van der Waals surface area contributed by atoms with E-state index in [1.165, 1.54) is 0 Å². The molecule has 1 aromatic rings. The predicted molar refractivity (Wildman–Crippen MR) is 73.2 cm³/mol. The molecule has 2 nitrogen and oxygen atoms in total. The summed E-state index contributed by atoms with van der Waals surface area (Å²) in [5.74, 6) is 0.243. The molecular formula is C15H23NO. The van der Waals surface area contributed by atoms with Gasteiger partial charge in [-0.25, -0.2) is 0 Å².